The van der Waals surface area contributed by atoms with E-state index in [1.165, 1.54) is 44.1 Å². The molecule has 4 nitrogen and oxygen atoms in total. The first kappa shape index (κ1) is 18.7. The van der Waals surface area contributed by atoms with Gasteiger partial charge < -0.3 is 10.1 Å². The van der Waals surface area contributed by atoms with E-state index in [0.717, 1.165) is 23.3 Å². The van der Waals surface area contributed by atoms with Crippen LogP contribution in [0.2, 0.25) is 0 Å². The molecular formula is C17H27NO3S. The standard InChI is InChI=1S/C17H27NO3S/c1-5-6-7-8-9-10-11-14(19)18-16-15(17(20)21-4)12(2)13(3)22-16/h5-11H2,1-4H3,(H,18,19). The molecule has 1 heterocycles. The molecule has 0 saturated heterocycles. The van der Waals surface area contributed by atoms with Gasteiger partial charge in [0, 0.05) is 11.3 Å². The van der Waals surface area contributed by atoms with Crippen LogP contribution in [0.25, 0.3) is 0 Å². The van der Waals surface area contributed by atoms with Crippen LogP contribution in [-0.4, -0.2) is 19.0 Å². The molecule has 0 spiro atoms. The Morgan fingerprint density at radius 1 is 1.09 bits per heavy atom. The summed E-state index contributed by atoms with van der Waals surface area (Å²) < 4.78 is 4.81. The molecule has 1 rings (SSSR count). The molecule has 1 aromatic rings. The third kappa shape index (κ3) is 5.44. The van der Waals surface area contributed by atoms with Crippen LogP contribution < -0.4 is 5.32 Å². The Bertz CT molecular complexity index is 508. The Balaban J connectivity index is 2.51. The van der Waals surface area contributed by atoms with Crippen molar-refractivity contribution in [2.45, 2.75) is 65.7 Å². The highest BCUT2D eigenvalue weighted by atomic mass is 32.1. The molecule has 0 aliphatic heterocycles. The average molecular weight is 325 g/mol. The Kier molecular flexibility index (Phi) is 8.17. The molecule has 1 N–H and O–H groups in total. The van der Waals surface area contributed by atoms with Crippen molar-refractivity contribution in [3.05, 3.63) is 16.0 Å². The van der Waals surface area contributed by atoms with Crippen LogP contribution in [0.15, 0.2) is 0 Å². The smallest absolute Gasteiger partial charge is 0.341 e. The van der Waals surface area contributed by atoms with Crippen LogP contribution in [-0.2, 0) is 9.53 Å². The van der Waals surface area contributed by atoms with Crippen LogP contribution in [0.1, 0.15) is 72.7 Å². The van der Waals surface area contributed by atoms with Crippen molar-refractivity contribution >= 4 is 28.2 Å². The van der Waals surface area contributed by atoms with Gasteiger partial charge in [-0.25, -0.2) is 4.79 Å². The fourth-order valence-corrected chi connectivity index (χ4v) is 3.38. The number of carbonyl (C=O) groups is 2. The summed E-state index contributed by atoms with van der Waals surface area (Å²) in [6.45, 7) is 6.01. The van der Waals surface area contributed by atoms with Gasteiger partial charge in [0.2, 0.25) is 5.91 Å². The highest BCUT2D eigenvalue weighted by Crippen LogP contribution is 2.33. The van der Waals surface area contributed by atoms with E-state index in [4.69, 9.17) is 4.74 Å². The van der Waals surface area contributed by atoms with Crippen molar-refractivity contribution in [3.63, 3.8) is 0 Å². The van der Waals surface area contributed by atoms with E-state index < -0.39 is 5.97 Å². The Labute approximate surface area is 137 Å². The van der Waals surface area contributed by atoms with E-state index in [0.29, 0.717) is 17.0 Å². The first-order valence-electron chi connectivity index (χ1n) is 7.99. The highest BCUT2D eigenvalue weighted by molar-refractivity contribution is 7.16. The molecule has 0 bridgehead atoms. The number of esters is 1. The minimum absolute atomic E-state index is 0.0260. The fraction of sp³-hybridized carbons (Fsp3) is 0.647. The number of hydrogen-bond donors (Lipinski definition) is 1. The maximum Gasteiger partial charge on any atom is 0.341 e. The molecule has 1 aromatic heterocycles. The topological polar surface area (TPSA) is 55.4 Å². The molecule has 22 heavy (non-hydrogen) atoms. The number of amides is 1. The van der Waals surface area contributed by atoms with Crippen LogP contribution in [0.3, 0.4) is 0 Å². The molecule has 1 amide bonds. The molecule has 0 saturated carbocycles. The average Bonchev–Trinajstić information content (AvgIpc) is 2.76. The fourth-order valence-electron chi connectivity index (χ4n) is 2.32. The lowest BCUT2D eigenvalue weighted by molar-refractivity contribution is -0.116. The quantitative estimate of drug-likeness (QED) is 0.522. The number of anilines is 1. The van der Waals surface area contributed by atoms with Gasteiger partial charge in [-0.15, -0.1) is 11.3 Å². The minimum atomic E-state index is -0.392. The minimum Gasteiger partial charge on any atom is -0.465 e. The maximum absolute atomic E-state index is 12.0. The summed E-state index contributed by atoms with van der Waals surface area (Å²) >= 11 is 1.43. The number of thiophene rings is 1. The lowest BCUT2D eigenvalue weighted by atomic mass is 10.1. The number of ether oxygens (including phenoxy) is 1. The summed E-state index contributed by atoms with van der Waals surface area (Å²) in [5.41, 5.74) is 1.37. The normalized spacial score (nSPS) is 10.5. The predicted molar refractivity (Wildman–Crippen MR) is 91.8 cm³/mol. The lowest BCUT2D eigenvalue weighted by Gasteiger charge is -2.06. The largest absolute Gasteiger partial charge is 0.465 e. The molecule has 0 aromatic carbocycles. The van der Waals surface area contributed by atoms with Gasteiger partial charge in [0.15, 0.2) is 0 Å². The summed E-state index contributed by atoms with van der Waals surface area (Å²) in [7, 11) is 1.36. The molecule has 5 heteroatoms. The molecule has 124 valence electrons. The van der Waals surface area contributed by atoms with Gasteiger partial charge in [0.25, 0.3) is 0 Å². The number of unbranched alkanes of at least 4 members (excludes halogenated alkanes) is 5. The van der Waals surface area contributed by atoms with Gasteiger partial charge in [-0.3, -0.25) is 4.79 Å². The monoisotopic (exact) mass is 325 g/mol. The zero-order valence-electron chi connectivity index (χ0n) is 14.1. The van der Waals surface area contributed by atoms with Crippen molar-refractivity contribution in [3.8, 4) is 0 Å². The van der Waals surface area contributed by atoms with Gasteiger partial charge in [0.1, 0.15) is 5.00 Å². The van der Waals surface area contributed by atoms with Crippen LogP contribution in [0.5, 0.6) is 0 Å². The molecule has 0 unspecified atom stereocenters. The van der Waals surface area contributed by atoms with E-state index in [9.17, 15) is 9.59 Å². The first-order chi connectivity index (χ1) is 10.5. The third-order valence-corrected chi connectivity index (χ3v) is 4.91. The van der Waals surface area contributed by atoms with Gasteiger partial charge in [-0.2, -0.15) is 0 Å². The third-order valence-electron chi connectivity index (χ3n) is 3.79. The second kappa shape index (κ2) is 9.62. The van der Waals surface area contributed by atoms with Crippen molar-refractivity contribution in [1.29, 1.82) is 0 Å². The Morgan fingerprint density at radius 3 is 2.36 bits per heavy atom. The summed E-state index contributed by atoms with van der Waals surface area (Å²) in [4.78, 5) is 24.9. The van der Waals surface area contributed by atoms with Gasteiger partial charge >= 0.3 is 5.97 Å². The predicted octanol–water partition coefficient (Wildman–Crippen LogP) is 4.84. The van der Waals surface area contributed by atoms with Crippen molar-refractivity contribution < 1.29 is 14.3 Å². The summed E-state index contributed by atoms with van der Waals surface area (Å²) in [6.07, 6.45) is 7.41. The first-order valence-corrected chi connectivity index (χ1v) is 8.81. The number of carbonyl (C=O) groups excluding carboxylic acids is 2. The van der Waals surface area contributed by atoms with Gasteiger partial charge in [-0.05, 0) is 25.8 Å². The second-order valence-electron chi connectivity index (χ2n) is 5.54. The zero-order chi connectivity index (χ0) is 16.5. The van der Waals surface area contributed by atoms with Gasteiger partial charge in [0.05, 0.1) is 12.7 Å². The van der Waals surface area contributed by atoms with Crippen LogP contribution in [0.4, 0.5) is 5.00 Å². The molecule has 0 aliphatic rings. The van der Waals surface area contributed by atoms with E-state index in [1.807, 2.05) is 13.8 Å². The van der Waals surface area contributed by atoms with Crippen molar-refractivity contribution in [1.82, 2.24) is 0 Å². The van der Waals surface area contributed by atoms with E-state index in [1.54, 1.807) is 0 Å². The Hall–Kier alpha value is -1.36. The van der Waals surface area contributed by atoms with E-state index in [2.05, 4.69) is 12.2 Å². The summed E-state index contributed by atoms with van der Waals surface area (Å²) in [5, 5.41) is 3.48. The molecule has 0 fully saturated rings. The lowest BCUT2D eigenvalue weighted by Crippen LogP contribution is -2.13. The van der Waals surface area contributed by atoms with Crippen LogP contribution in [0, 0.1) is 13.8 Å². The van der Waals surface area contributed by atoms with Crippen molar-refractivity contribution in [2.24, 2.45) is 0 Å². The van der Waals surface area contributed by atoms with Gasteiger partial charge in [-0.1, -0.05) is 39.0 Å². The zero-order valence-corrected chi connectivity index (χ0v) is 14.9. The number of hydrogen-bond acceptors (Lipinski definition) is 4. The van der Waals surface area contributed by atoms with Crippen molar-refractivity contribution in [2.75, 3.05) is 12.4 Å². The van der Waals surface area contributed by atoms with E-state index >= 15 is 0 Å². The number of methoxy groups -OCH3 is 1. The maximum atomic E-state index is 12.0. The highest BCUT2D eigenvalue weighted by Gasteiger charge is 2.21. The summed E-state index contributed by atoms with van der Waals surface area (Å²) in [6, 6.07) is 0. The molecule has 0 radical (unpaired) electrons. The second-order valence-corrected chi connectivity index (χ2v) is 6.77. The summed E-state index contributed by atoms with van der Waals surface area (Å²) in [5.74, 6) is -0.418. The Morgan fingerprint density at radius 2 is 1.73 bits per heavy atom. The molecular weight excluding hydrogens is 298 g/mol. The number of rotatable bonds is 9. The molecule has 0 aliphatic carbocycles. The number of nitrogens with one attached hydrogen (secondary N) is 1. The number of aryl methyl sites for hydroxylation is 1. The SMILES string of the molecule is CCCCCCCCC(=O)Nc1sc(C)c(C)c1C(=O)OC. The molecule has 0 atom stereocenters. The van der Waals surface area contributed by atoms with Crippen LogP contribution >= 0.6 is 11.3 Å². The van der Waals surface area contributed by atoms with E-state index in [-0.39, 0.29) is 5.91 Å².